The highest BCUT2D eigenvalue weighted by atomic mass is 16.6. The largest absolute Gasteiger partial charge is 0.480 e. The molecule has 0 aliphatic heterocycles. The Labute approximate surface area is 157 Å². The zero-order valence-electron chi connectivity index (χ0n) is 16.7. The van der Waals surface area contributed by atoms with Gasteiger partial charge >= 0.3 is 12.1 Å². The SMILES string of the molecule is CC.CCC[C@H](NC(=O)Oc1ccc(N(CCC)CCC)cc1)C(=O)O. The molecule has 148 valence electrons. The molecule has 0 radical (unpaired) electrons. The predicted octanol–water partition coefficient (Wildman–Crippen LogP) is 4.68. The van der Waals surface area contributed by atoms with Crippen molar-refractivity contribution in [1.82, 2.24) is 5.32 Å². The van der Waals surface area contributed by atoms with Gasteiger partial charge in [0.1, 0.15) is 11.8 Å². The second-order valence-electron chi connectivity index (χ2n) is 5.69. The summed E-state index contributed by atoms with van der Waals surface area (Å²) in [7, 11) is 0. The third-order valence-electron chi connectivity index (χ3n) is 3.57. The second kappa shape index (κ2) is 14.0. The number of benzene rings is 1. The van der Waals surface area contributed by atoms with Crippen LogP contribution in [0.1, 0.15) is 60.3 Å². The molecule has 1 atom stereocenters. The van der Waals surface area contributed by atoms with E-state index in [4.69, 9.17) is 9.84 Å². The van der Waals surface area contributed by atoms with E-state index >= 15 is 0 Å². The Bertz CT molecular complexity index is 511. The van der Waals surface area contributed by atoms with Gasteiger partial charge in [-0.15, -0.1) is 0 Å². The number of nitrogens with zero attached hydrogens (tertiary/aromatic N) is 1. The Balaban J connectivity index is 0.00000301. The van der Waals surface area contributed by atoms with Crippen molar-refractivity contribution in [2.75, 3.05) is 18.0 Å². The van der Waals surface area contributed by atoms with Gasteiger partial charge in [0.05, 0.1) is 0 Å². The lowest BCUT2D eigenvalue weighted by atomic mass is 10.2. The summed E-state index contributed by atoms with van der Waals surface area (Å²) >= 11 is 0. The van der Waals surface area contributed by atoms with Crippen LogP contribution < -0.4 is 15.0 Å². The number of ether oxygens (including phenoxy) is 1. The zero-order valence-corrected chi connectivity index (χ0v) is 16.7. The molecule has 0 spiro atoms. The third-order valence-corrected chi connectivity index (χ3v) is 3.57. The molecule has 0 aliphatic carbocycles. The predicted molar refractivity (Wildman–Crippen MR) is 106 cm³/mol. The summed E-state index contributed by atoms with van der Waals surface area (Å²) in [5, 5.41) is 11.4. The molecular weight excluding hydrogens is 332 g/mol. The molecule has 1 aromatic carbocycles. The topological polar surface area (TPSA) is 78.9 Å². The van der Waals surface area contributed by atoms with Crippen molar-refractivity contribution >= 4 is 17.7 Å². The van der Waals surface area contributed by atoms with Crippen molar-refractivity contribution in [2.45, 2.75) is 66.3 Å². The first kappa shape index (κ1) is 23.8. The average Bonchev–Trinajstić information content (AvgIpc) is 2.63. The van der Waals surface area contributed by atoms with Gasteiger partial charge in [-0.1, -0.05) is 41.0 Å². The number of rotatable bonds is 10. The number of amides is 1. The maximum Gasteiger partial charge on any atom is 0.413 e. The normalized spacial score (nSPS) is 11.0. The van der Waals surface area contributed by atoms with E-state index in [2.05, 4.69) is 24.1 Å². The molecule has 1 rings (SSSR count). The van der Waals surface area contributed by atoms with E-state index in [1.54, 1.807) is 12.1 Å². The van der Waals surface area contributed by atoms with E-state index < -0.39 is 18.1 Å². The number of carbonyl (C=O) groups is 2. The molecule has 6 heteroatoms. The van der Waals surface area contributed by atoms with Gasteiger partial charge in [-0.2, -0.15) is 0 Å². The average molecular weight is 367 g/mol. The molecule has 2 N–H and O–H groups in total. The van der Waals surface area contributed by atoms with E-state index in [0.29, 0.717) is 18.6 Å². The number of carboxylic acids is 1. The molecule has 0 bridgehead atoms. The Morgan fingerprint density at radius 2 is 1.58 bits per heavy atom. The minimum absolute atomic E-state index is 0.367. The Morgan fingerprint density at radius 1 is 1.04 bits per heavy atom. The number of hydrogen-bond donors (Lipinski definition) is 2. The van der Waals surface area contributed by atoms with Crippen LogP contribution in [0.4, 0.5) is 10.5 Å². The molecule has 26 heavy (non-hydrogen) atoms. The van der Waals surface area contributed by atoms with Crippen molar-refractivity contribution in [1.29, 1.82) is 0 Å². The first-order valence-corrected chi connectivity index (χ1v) is 9.57. The molecule has 0 saturated carbocycles. The van der Waals surface area contributed by atoms with E-state index in [1.807, 2.05) is 32.9 Å². The Morgan fingerprint density at radius 3 is 2.00 bits per heavy atom. The van der Waals surface area contributed by atoms with Crippen LogP contribution >= 0.6 is 0 Å². The van der Waals surface area contributed by atoms with Gasteiger partial charge in [0.15, 0.2) is 0 Å². The summed E-state index contributed by atoms with van der Waals surface area (Å²) in [6, 6.07) is 6.35. The van der Waals surface area contributed by atoms with E-state index in [0.717, 1.165) is 31.6 Å². The van der Waals surface area contributed by atoms with Crippen LogP contribution in [0.15, 0.2) is 24.3 Å². The minimum atomic E-state index is -1.06. The first-order chi connectivity index (χ1) is 12.5. The highest BCUT2D eigenvalue weighted by Gasteiger charge is 2.19. The van der Waals surface area contributed by atoms with E-state index in [1.165, 1.54) is 0 Å². The molecule has 1 aromatic rings. The zero-order chi connectivity index (χ0) is 19.9. The Hall–Kier alpha value is -2.24. The van der Waals surface area contributed by atoms with Crippen LogP contribution in [0.3, 0.4) is 0 Å². The summed E-state index contributed by atoms with van der Waals surface area (Å²) in [5.41, 5.74) is 1.08. The lowest BCUT2D eigenvalue weighted by molar-refractivity contribution is -0.139. The second-order valence-corrected chi connectivity index (χ2v) is 5.69. The lowest BCUT2D eigenvalue weighted by Gasteiger charge is -2.23. The van der Waals surface area contributed by atoms with Crippen molar-refractivity contribution in [3.05, 3.63) is 24.3 Å². The molecule has 1 amide bonds. The molecule has 0 unspecified atom stereocenters. The van der Waals surface area contributed by atoms with Crippen molar-refractivity contribution in [2.24, 2.45) is 0 Å². The molecule has 0 aromatic heterocycles. The molecule has 0 aliphatic rings. The van der Waals surface area contributed by atoms with Crippen LogP contribution in [-0.2, 0) is 4.79 Å². The summed E-state index contributed by atoms with van der Waals surface area (Å²) < 4.78 is 5.16. The smallest absolute Gasteiger partial charge is 0.413 e. The van der Waals surface area contributed by atoms with Crippen LogP contribution in [0.2, 0.25) is 0 Å². The van der Waals surface area contributed by atoms with Gasteiger partial charge in [-0.3, -0.25) is 0 Å². The molecule has 0 saturated heterocycles. The number of nitrogens with one attached hydrogen (secondary N) is 1. The monoisotopic (exact) mass is 366 g/mol. The van der Waals surface area contributed by atoms with Crippen molar-refractivity contribution in [3.8, 4) is 5.75 Å². The molecule has 0 heterocycles. The number of anilines is 1. The van der Waals surface area contributed by atoms with Gasteiger partial charge in [-0.25, -0.2) is 9.59 Å². The molecular formula is C20H34N2O4. The van der Waals surface area contributed by atoms with Crippen LogP contribution in [0.25, 0.3) is 0 Å². The van der Waals surface area contributed by atoms with Gasteiger partial charge in [0.25, 0.3) is 0 Å². The van der Waals surface area contributed by atoms with E-state index in [-0.39, 0.29) is 0 Å². The molecule has 0 fully saturated rings. The maximum absolute atomic E-state index is 11.8. The number of carbonyl (C=O) groups excluding carboxylic acids is 1. The van der Waals surface area contributed by atoms with Crippen molar-refractivity contribution in [3.63, 3.8) is 0 Å². The quantitative estimate of drug-likeness (QED) is 0.628. The first-order valence-electron chi connectivity index (χ1n) is 9.57. The maximum atomic E-state index is 11.8. The highest BCUT2D eigenvalue weighted by Crippen LogP contribution is 2.20. The van der Waals surface area contributed by atoms with Gasteiger partial charge in [0.2, 0.25) is 0 Å². The highest BCUT2D eigenvalue weighted by molar-refractivity contribution is 5.80. The fourth-order valence-electron chi connectivity index (χ4n) is 2.46. The summed E-state index contributed by atoms with van der Waals surface area (Å²) in [6.45, 7) is 12.1. The number of carboxylic acid groups (broad SMARTS) is 1. The third kappa shape index (κ3) is 8.74. The minimum Gasteiger partial charge on any atom is -0.480 e. The van der Waals surface area contributed by atoms with Gasteiger partial charge < -0.3 is 20.1 Å². The number of aliphatic carboxylic acids is 1. The fraction of sp³-hybridized carbons (Fsp3) is 0.600. The Kier molecular flexibility index (Phi) is 12.8. The van der Waals surface area contributed by atoms with Gasteiger partial charge in [-0.05, 0) is 43.5 Å². The summed E-state index contributed by atoms with van der Waals surface area (Å²) in [4.78, 5) is 25.1. The van der Waals surface area contributed by atoms with E-state index in [9.17, 15) is 9.59 Å². The fourth-order valence-corrected chi connectivity index (χ4v) is 2.46. The standard InChI is InChI=1S/C18H28N2O4.C2H6/c1-4-7-16(17(21)22)19-18(23)24-15-10-8-14(9-11-15)20(12-5-2)13-6-3;1-2/h8-11,16H,4-7,12-13H2,1-3H3,(H,19,23)(H,21,22);1-2H3/t16-;/m0./s1. The van der Waals surface area contributed by atoms with Crippen LogP contribution in [-0.4, -0.2) is 36.3 Å². The molecule has 6 nitrogen and oxygen atoms in total. The lowest BCUT2D eigenvalue weighted by Crippen LogP contribution is -2.42. The van der Waals surface area contributed by atoms with Crippen LogP contribution in [0.5, 0.6) is 5.75 Å². The summed E-state index contributed by atoms with van der Waals surface area (Å²) in [5.74, 6) is -0.663. The van der Waals surface area contributed by atoms with Crippen LogP contribution in [0, 0.1) is 0 Å². The summed E-state index contributed by atoms with van der Waals surface area (Å²) in [6.07, 6.45) is 2.41. The van der Waals surface area contributed by atoms with Crippen molar-refractivity contribution < 1.29 is 19.4 Å². The number of hydrogen-bond acceptors (Lipinski definition) is 4. The van der Waals surface area contributed by atoms with Gasteiger partial charge in [0, 0.05) is 18.8 Å².